The van der Waals surface area contributed by atoms with Gasteiger partial charge in [-0.1, -0.05) is 17.7 Å². The summed E-state index contributed by atoms with van der Waals surface area (Å²) in [6.45, 7) is 5.43. The number of rotatable bonds is 2. The second kappa shape index (κ2) is 4.16. The van der Waals surface area contributed by atoms with Crippen LogP contribution in [0.1, 0.15) is 16.7 Å². The maximum atomic E-state index is 11.9. The number of hydrogen-bond donors (Lipinski definition) is 1. The van der Waals surface area contributed by atoms with Gasteiger partial charge in [-0.05, 0) is 31.9 Å². The van der Waals surface area contributed by atoms with Crippen molar-refractivity contribution in [3.05, 3.63) is 28.8 Å². The highest BCUT2D eigenvalue weighted by Gasteiger charge is 2.17. The van der Waals surface area contributed by atoms with E-state index in [1.807, 2.05) is 19.1 Å². The molecule has 0 aliphatic heterocycles. The lowest BCUT2D eigenvalue weighted by molar-refractivity contribution is 0.362. The van der Waals surface area contributed by atoms with E-state index in [0.717, 1.165) is 5.56 Å². The van der Waals surface area contributed by atoms with Gasteiger partial charge in [-0.25, -0.2) is 9.00 Å². The molecule has 0 aliphatic carbocycles. The van der Waals surface area contributed by atoms with Gasteiger partial charge in [-0.15, -0.1) is 0 Å². The fourth-order valence-corrected chi connectivity index (χ4v) is 2.88. The van der Waals surface area contributed by atoms with Crippen molar-refractivity contribution >= 4 is 15.0 Å². The maximum absolute atomic E-state index is 11.9. The molecule has 5 heteroatoms. The summed E-state index contributed by atoms with van der Waals surface area (Å²) >= 11 is 0. The minimum absolute atomic E-state index is 0.325. The molecule has 0 bridgehead atoms. The first-order chi connectivity index (χ1) is 6.94. The predicted octanol–water partition coefficient (Wildman–Crippen LogP) is 1.13. The summed E-state index contributed by atoms with van der Waals surface area (Å²) in [7, 11) is -3.35. The van der Waals surface area contributed by atoms with E-state index < -0.39 is 9.80 Å². The number of nitrogens with two attached hydrogens (primary N) is 1. The molecule has 0 aliphatic rings. The smallest absolute Gasteiger partial charge is 0.219 e. The highest BCUT2D eigenvalue weighted by atomic mass is 32.2. The second-order valence-electron chi connectivity index (χ2n) is 3.41. The lowest BCUT2D eigenvalue weighted by Gasteiger charge is -2.11. The Balaban J connectivity index is 3.66. The number of hydrogen-bond acceptors (Lipinski definition) is 4. The largest absolute Gasteiger partial charge is 0.222 e. The van der Waals surface area contributed by atoms with Crippen LogP contribution in [0, 0.1) is 20.8 Å². The van der Waals surface area contributed by atoms with Crippen LogP contribution in [0.3, 0.4) is 0 Å². The minimum Gasteiger partial charge on any atom is -0.222 e. The van der Waals surface area contributed by atoms with Crippen LogP contribution in [-0.2, 0) is 18.9 Å². The zero-order valence-corrected chi connectivity index (χ0v) is 9.68. The number of carbonyl (C=O) groups excluding carboxylic acids is 1. The van der Waals surface area contributed by atoms with Crippen LogP contribution in [-0.4, -0.2) is 9.44 Å². The van der Waals surface area contributed by atoms with Gasteiger partial charge in [0, 0.05) is 0 Å². The van der Waals surface area contributed by atoms with E-state index in [1.54, 1.807) is 13.8 Å². The molecule has 82 valence electrons. The topological polar surface area (TPSA) is 69.4 Å². The molecule has 0 spiro atoms. The van der Waals surface area contributed by atoms with Crippen LogP contribution in [0.4, 0.5) is 0 Å². The lowest BCUT2D eigenvalue weighted by Crippen LogP contribution is -2.14. The molecule has 4 nitrogen and oxygen atoms in total. The van der Waals surface area contributed by atoms with Crippen molar-refractivity contribution in [1.82, 2.24) is 0 Å². The Kier molecular flexibility index (Phi) is 3.31. The molecular weight excluding hydrogens is 214 g/mol. The Morgan fingerprint density at radius 2 is 1.73 bits per heavy atom. The molecule has 1 aromatic carbocycles. The van der Waals surface area contributed by atoms with Crippen LogP contribution < -0.4 is 5.90 Å². The highest BCUT2D eigenvalue weighted by Crippen LogP contribution is 2.22. The van der Waals surface area contributed by atoms with E-state index in [4.69, 9.17) is 5.90 Å². The minimum atomic E-state index is -3.35. The Bertz CT molecular complexity index is 500. The number of benzene rings is 1. The van der Waals surface area contributed by atoms with Gasteiger partial charge in [0.25, 0.3) is 0 Å². The normalized spacial score (nSPS) is 14.4. The van der Waals surface area contributed by atoms with Gasteiger partial charge < -0.3 is 0 Å². The molecule has 0 heterocycles. The monoisotopic (exact) mass is 227 g/mol. The van der Waals surface area contributed by atoms with E-state index in [1.165, 1.54) is 5.23 Å². The summed E-state index contributed by atoms with van der Waals surface area (Å²) in [5.41, 5.74) is 2.45. The molecule has 1 unspecified atom stereocenters. The zero-order valence-electron chi connectivity index (χ0n) is 8.87. The number of aryl methyl sites for hydroxylation is 3. The average molecular weight is 227 g/mol. The molecule has 0 fully saturated rings. The van der Waals surface area contributed by atoms with Crippen LogP contribution in [0.15, 0.2) is 17.0 Å². The van der Waals surface area contributed by atoms with Crippen molar-refractivity contribution in [2.75, 3.05) is 0 Å². The van der Waals surface area contributed by atoms with E-state index in [0.29, 0.717) is 16.0 Å². The first-order valence-electron chi connectivity index (χ1n) is 4.34. The van der Waals surface area contributed by atoms with Crippen LogP contribution in [0.5, 0.6) is 0 Å². The summed E-state index contributed by atoms with van der Waals surface area (Å²) in [5.74, 6) is 4.89. The van der Waals surface area contributed by atoms with E-state index in [-0.39, 0.29) is 0 Å². The van der Waals surface area contributed by atoms with E-state index in [9.17, 15) is 9.00 Å². The molecule has 0 saturated carbocycles. The van der Waals surface area contributed by atoms with Crippen molar-refractivity contribution in [3.8, 4) is 0 Å². The Morgan fingerprint density at radius 1 is 1.27 bits per heavy atom. The summed E-state index contributed by atoms with van der Waals surface area (Å²) in [6.07, 6.45) is 0. The Hall–Kier alpha value is -1.13. The van der Waals surface area contributed by atoms with Gasteiger partial charge in [-0.3, -0.25) is 0 Å². The summed E-state index contributed by atoms with van der Waals surface area (Å²) in [4.78, 5) is 11.0. The first-order valence-corrected chi connectivity index (χ1v) is 5.82. The fraction of sp³-hybridized carbons (Fsp3) is 0.300. The highest BCUT2D eigenvalue weighted by molar-refractivity contribution is 7.96. The van der Waals surface area contributed by atoms with Gasteiger partial charge in [0.2, 0.25) is 15.0 Å². The Labute approximate surface area is 89.2 Å². The van der Waals surface area contributed by atoms with Crippen molar-refractivity contribution < 1.29 is 13.3 Å². The molecule has 1 aromatic rings. The van der Waals surface area contributed by atoms with Crippen LogP contribution in [0.2, 0.25) is 0 Å². The summed E-state index contributed by atoms with van der Waals surface area (Å²) in [5, 5.41) is 1.38. The molecule has 1 atom stereocenters. The SMILES string of the molecule is Cc1cc(C)c(S(=O)(=C=O)ON)c(C)c1. The van der Waals surface area contributed by atoms with Gasteiger partial charge in [0.1, 0.15) is 0 Å². The molecule has 15 heavy (non-hydrogen) atoms. The third-order valence-corrected chi connectivity index (χ3v) is 3.79. The lowest BCUT2D eigenvalue weighted by atomic mass is 10.1. The van der Waals surface area contributed by atoms with Gasteiger partial charge in [0.15, 0.2) is 0 Å². The standard InChI is InChI=1S/C10H13NO3S/c1-7-4-8(2)10(9(3)5-7)15(13,6-12)14-11/h4-5H,11H2,1-3H3. The summed E-state index contributed by atoms with van der Waals surface area (Å²) < 4.78 is 16.2. The van der Waals surface area contributed by atoms with Crippen LogP contribution in [0.25, 0.3) is 0 Å². The molecule has 1 rings (SSSR count). The zero-order chi connectivity index (χ0) is 11.6. The van der Waals surface area contributed by atoms with Gasteiger partial charge in [0.05, 0.1) is 4.90 Å². The van der Waals surface area contributed by atoms with Crippen molar-refractivity contribution in [2.24, 2.45) is 5.90 Å². The molecule has 0 radical (unpaired) electrons. The van der Waals surface area contributed by atoms with Crippen molar-refractivity contribution in [3.63, 3.8) is 0 Å². The molecule has 2 N–H and O–H groups in total. The molecule has 0 amide bonds. The first kappa shape index (κ1) is 11.9. The molecule has 0 saturated heterocycles. The molecular formula is C10H13NO3S. The van der Waals surface area contributed by atoms with E-state index in [2.05, 4.69) is 4.28 Å². The van der Waals surface area contributed by atoms with Gasteiger partial charge in [-0.2, -0.15) is 10.2 Å². The van der Waals surface area contributed by atoms with E-state index >= 15 is 0 Å². The summed E-state index contributed by atoms with van der Waals surface area (Å²) in [6, 6.07) is 3.64. The Morgan fingerprint density at radius 3 is 2.07 bits per heavy atom. The van der Waals surface area contributed by atoms with Crippen molar-refractivity contribution in [1.29, 1.82) is 0 Å². The average Bonchev–Trinajstić information content (AvgIpc) is 2.15. The third kappa shape index (κ3) is 2.11. The van der Waals surface area contributed by atoms with Crippen molar-refractivity contribution in [2.45, 2.75) is 25.7 Å². The van der Waals surface area contributed by atoms with Gasteiger partial charge >= 0.3 is 0 Å². The van der Waals surface area contributed by atoms with Crippen LogP contribution >= 0.6 is 0 Å². The quantitative estimate of drug-likeness (QED) is 0.607. The second-order valence-corrected chi connectivity index (χ2v) is 5.19. The fourth-order valence-electron chi connectivity index (χ4n) is 1.70. The maximum Gasteiger partial charge on any atom is 0.219 e. The molecule has 0 aromatic heterocycles. The third-order valence-electron chi connectivity index (χ3n) is 2.12. The predicted molar refractivity (Wildman–Crippen MR) is 58.0 cm³/mol.